The molecule has 3 rings (SSSR count). The van der Waals surface area contributed by atoms with Crippen molar-refractivity contribution in [1.29, 1.82) is 0 Å². The number of ether oxygens (including phenoxy) is 1. The molecule has 32 heavy (non-hydrogen) atoms. The van der Waals surface area contributed by atoms with E-state index in [1.165, 1.54) is 0 Å². The third-order valence-corrected chi connectivity index (χ3v) is 4.80. The fourth-order valence-corrected chi connectivity index (χ4v) is 3.04. The smallest absolute Gasteiger partial charge is 0.257 e. The number of methoxy groups -OCH3 is 1. The van der Waals surface area contributed by atoms with Crippen molar-refractivity contribution in [3.63, 3.8) is 0 Å². The minimum atomic E-state index is -0.193. The summed E-state index contributed by atoms with van der Waals surface area (Å²) < 4.78 is 5.16. The van der Waals surface area contributed by atoms with Gasteiger partial charge in [-0.15, -0.1) is 0 Å². The minimum absolute atomic E-state index is 0.0477. The number of amides is 1. The second-order valence-corrected chi connectivity index (χ2v) is 7.26. The maximum Gasteiger partial charge on any atom is 0.257 e. The van der Waals surface area contributed by atoms with E-state index in [1.807, 2.05) is 68.4 Å². The number of hydrogen-bond acceptors (Lipinski definition) is 5. The molecule has 1 unspecified atom stereocenters. The van der Waals surface area contributed by atoms with Crippen molar-refractivity contribution >= 4 is 29.3 Å². The van der Waals surface area contributed by atoms with Gasteiger partial charge in [0.05, 0.1) is 30.6 Å². The van der Waals surface area contributed by atoms with Crippen LogP contribution in [0.5, 0.6) is 5.75 Å². The summed E-state index contributed by atoms with van der Waals surface area (Å²) in [5, 5.41) is 6.28. The van der Waals surface area contributed by atoms with Crippen LogP contribution in [0.25, 0.3) is 0 Å². The molecule has 1 atom stereocenters. The highest BCUT2D eigenvalue weighted by molar-refractivity contribution is 6.29. The molecule has 1 amide bonds. The van der Waals surface area contributed by atoms with Gasteiger partial charge >= 0.3 is 0 Å². The number of pyridine rings is 1. The van der Waals surface area contributed by atoms with Crippen LogP contribution < -0.4 is 15.4 Å². The monoisotopic (exact) mass is 429 g/mol. The molecule has 0 saturated carbocycles. The lowest BCUT2D eigenvalue weighted by atomic mass is 10.1. The molecule has 0 aliphatic carbocycles. The fraction of sp³-hybridized carbons (Fsp3) is 0.200. The maximum absolute atomic E-state index is 12.5. The summed E-state index contributed by atoms with van der Waals surface area (Å²) >= 11 is 0. The molecule has 7 nitrogen and oxygen atoms in total. The minimum Gasteiger partial charge on any atom is -0.497 e. The average Bonchev–Trinajstić information content (AvgIpc) is 2.82. The molecule has 3 aromatic rings. The van der Waals surface area contributed by atoms with E-state index in [0.29, 0.717) is 17.1 Å². The SMILES string of the molecule is CN=C(C=Nc1ccc(OC)cc1)NC(C)c1cccc(NC(=O)c2cncc(C)c2)c1. The van der Waals surface area contributed by atoms with Gasteiger partial charge in [-0.3, -0.25) is 19.8 Å². The van der Waals surface area contributed by atoms with E-state index >= 15 is 0 Å². The molecule has 1 aromatic heterocycles. The molecule has 2 aromatic carbocycles. The zero-order valence-electron chi connectivity index (χ0n) is 18.7. The lowest BCUT2D eigenvalue weighted by Gasteiger charge is -2.16. The van der Waals surface area contributed by atoms with E-state index in [1.54, 1.807) is 32.8 Å². The van der Waals surface area contributed by atoms with E-state index in [9.17, 15) is 4.79 Å². The summed E-state index contributed by atoms with van der Waals surface area (Å²) in [5.74, 6) is 1.24. The maximum atomic E-state index is 12.5. The number of hydrogen-bond donors (Lipinski definition) is 2. The number of anilines is 1. The van der Waals surface area contributed by atoms with Gasteiger partial charge in [0.15, 0.2) is 0 Å². The van der Waals surface area contributed by atoms with Gasteiger partial charge in [0, 0.05) is 25.1 Å². The number of carbonyl (C=O) groups is 1. The summed E-state index contributed by atoms with van der Waals surface area (Å²) in [4.78, 5) is 25.3. The van der Waals surface area contributed by atoms with Crippen LogP contribution >= 0.6 is 0 Å². The van der Waals surface area contributed by atoms with Crippen molar-refractivity contribution < 1.29 is 9.53 Å². The van der Waals surface area contributed by atoms with Crippen molar-refractivity contribution in [1.82, 2.24) is 10.3 Å². The standard InChI is InChI=1S/C25H27N5O2/c1-17-12-20(15-27-14-17)25(31)30-22-7-5-6-19(13-22)18(2)29-24(26-3)16-28-21-8-10-23(32-4)11-9-21/h5-16,18H,1-4H3,(H,26,29)(H,30,31). The van der Waals surface area contributed by atoms with Crippen LogP contribution in [0.15, 0.2) is 77.0 Å². The molecule has 164 valence electrons. The van der Waals surface area contributed by atoms with Gasteiger partial charge in [-0.2, -0.15) is 0 Å². The van der Waals surface area contributed by atoms with Gasteiger partial charge in [0.1, 0.15) is 11.6 Å². The van der Waals surface area contributed by atoms with Crippen molar-refractivity contribution in [3.8, 4) is 5.75 Å². The largest absolute Gasteiger partial charge is 0.497 e. The first-order valence-electron chi connectivity index (χ1n) is 10.2. The van der Waals surface area contributed by atoms with Gasteiger partial charge in [-0.1, -0.05) is 12.1 Å². The molecule has 0 fully saturated rings. The van der Waals surface area contributed by atoms with E-state index in [-0.39, 0.29) is 11.9 Å². The number of aliphatic imine (C=N–C) groups is 2. The predicted molar refractivity (Wildman–Crippen MR) is 129 cm³/mol. The highest BCUT2D eigenvalue weighted by Crippen LogP contribution is 2.19. The molecule has 0 saturated heterocycles. The van der Waals surface area contributed by atoms with Crippen LogP contribution in [-0.2, 0) is 0 Å². The average molecular weight is 430 g/mol. The summed E-state index contributed by atoms with van der Waals surface area (Å²) in [6, 6.07) is 16.9. The topological polar surface area (TPSA) is 88.0 Å². The fourth-order valence-electron chi connectivity index (χ4n) is 3.04. The Morgan fingerprint density at radius 2 is 1.91 bits per heavy atom. The van der Waals surface area contributed by atoms with Crippen molar-refractivity contribution in [2.24, 2.45) is 9.98 Å². The molecule has 1 heterocycles. The highest BCUT2D eigenvalue weighted by Gasteiger charge is 2.10. The van der Waals surface area contributed by atoms with E-state index in [4.69, 9.17) is 4.74 Å². The lowest BCUT2D eigenvalue weighted by Crippen LogP contribution is -2.27. The van der Waals surface area contributed by atoms with Crippen LogP contribution in [0.3, 0.4) is 0 Å². The molecule has 0 aliphatic rings. The second-order valence-electron chi connectivity index (χ2n) is 7.26. The van der Waals surface area contributed by atoms with E-state index in [2.05, 4.69) is 25.6 Å². The van der Waals surface area contributed by atoms with Crippen molar-refractivity contribution in [3.05, 3.63) is 83.7 Å². The number of aryl methyl sites for hydroxylation is 1. The number of nitrogens with zero attached hydrogens (tertiary/aromatic N) is 3. The lowest BCUT2D eigenvalue weighted by molar-refractivity contribution is 0.102. The third kappa shape index (κ3) is 6.25. The van der Waals surface area contributed by atoms with E-state index in [0.717, 1.165) is 22.6 Å². The number of nitrogens with one attached hydrogen (secondary N) is 2. The molecular weight excluding hydrogens is 402 g/mol. The van der Waals surface area contributed by atoms with Crippen molar-refractivity contribution in [2.45, 2.75) is 19.9 Å². The van der Waals surface area contributed by atoms with Crippen molar-refractivity contribution in [2.75, 3.05) is 19.5 Å². The predicted octanol–water partition coefficient (Wildman–Crippen LogP) is 4.73. The first-order valence-corrected chi connectivity index (χ1v) is 10.2. The Hall–Kier alpha value is -4.00. The Kier molecular flexibility index (Phi) is 7.70. The van der Waals surface area contributed by atoms with Gasteiger partial charge in [-0.25, -0.2) is 0 Å². The number of benzene rings is 2. The third-order valence-electron chi connectivity index (χ3n) is 4.80. The molecule has 0 spiro atoms. The van der Waals surface area contributed by atoms with Crippen LogP contribution in [0.1, 0.15) is 34.5 Å². The Morgan fingerprint density at radius 3 is 2.59 bits per heavy atom. The van der Waals surface area contributed by atoms with Gasteiger partial charge < -0.3 is 15.4 Å². The Morgan fingerprint density at radius 1 is 1.12 bits per heavy atom. The summed E-state index contributed by atoms with van der Waals surface area (Å²) in [6.07, 6.45) is 4.97. The normalized spacial score (nSPS) is 12.4. The second kappa shape index (κ2) is 10.9. The van der Waals surface area contributed by atoms with E-state index < -0.39 is 0 Å². The first kappa shape index (κ1) is 22.7. The summed E-state index contributed by atoms with van der Waals surface area (Å²) in [6.45, 7) is 3.93. The van der Waals surface area contributed by atoms with Crippen LogP contribution in [-0.4, -0.2) is 37.1 Å². The van der Waals surface area contributed by atoms with Gasteiger partial charge in [0.25, 0.3) is 5.91 Å². The van der Waals surface area contributed by atoms with Crippen LogP contribution in [0.2, 0.25) is 0 Å². The molecule has 0 radical (unpaired) electrons. The van der Waals surface area contributed by atoms with Gasteiger partial charge in [-0.05, 0) is 67.4 Å². The number of carbonyl (C=O) groups excluding carboxylic acids is 1. The first-order chi connectivity index (χ1) is 15.5. The van der Waals surface area contributed by atoms with Gasteiger partial charge in [0.2, 0.25) is 0 Å². The molecule has 7 heteroatoms. The summed E-state index contributed by atoms with van der Waals surface area (Å²) in [7, 11) is 3.34. The Bertz CT molecular complexity index is 1120. The highest BCUT2D eigenvalue weighted by atomic mass is 16.5. The molecule has 0 aliphatic heterocycles. The zero-order chi connectivity index (χ0) is 22.9. The molecule has 0 bridgehead atoms. The van der Waals surface area contributed by atoms with Crippen LogP contribution in [0.4, 0.5) is 11.4 Å². The number of aromatic nitrogens is 1. The number of amidine groups is 1. The summed E-state index contributed by atoms with van der Waals surface area (Å²) in [5.41, 5.74) is 3.98. The zero-order valence-corrected chi connectivity index (χ0v) is 18.7. The Balaban J connectivity index is 1.65. The molecule has 2 N–H and O–H groups in total. The quantitative estimate of drug-likeness (QED) is 0.420. The number of rotatable bonds is 7. The molecular formula is C25H27N5O2. The van der Waals surface area contributed by atoms with Crippen LogP contribution in [0, 0.1) is 6.92 Å². The Labute approximate surface area is 188 Å².